The molecule has 9 nitrogen and oxygen atoms in total. The van der Waals surface area contributed by atoms with Crippen molar-refractivity contribution in [3.8, 4) is 0 Å². The first-order valence-electron chi connectivity index (χ1n) is 7.94. The molecule has 2 rings (SSSR count). The standard InChI is InChI=1S/C15H20Cl3NO8/c1-6(20)23-10-9-8(5-22-14(3,4)27-9)25-12(11(10)24-7(2)21)26-13(19)15(16,17)18/h8-12,19H,5H2,1-4H3/t8-,9-,10+,11+,12-/m1/s1. The Labute approximate surface area is 170 Å². The first-order valence-corrected chi connectivity index (χ1v) is 9.07. The topological polar surface area (TPSA) is 113 Å². The predicted octanol–water partition coefficient (Wildman–Crippen LogP) is 2.09. The van der Waals surface area contributed by atoms with Crippen LogP contribution in [0.5, 0.6) is 0 Å². The van der Waals surface area contributed by atoms with Gasteiger partial charge >= 0.3 is 11.9 Å². The number of carbonyl (C=O) groups is 2. The molecule has 2 aliphatic rings. The summed E-state index contributed by atoms with van der Waals surface area (Å²) in [6.07, 6.45) is -5.32. The molecule has 0 spiro atoms. The average molecular weight is 449 g/mol. The van der Waals surface area contributed by atoms with Crippen LogP contribution >= 0.6 is 34.8 Å². The third-order valence-corrected chi connectivity index (χ3v) is 4.22. The van der Waals surface area contributed by atoms with Gasteiger partial charge < -0.3 is 28.4 Å². The molecule has 0 aromatic heterocycles. The summed E-state index contributed by atoms with van der Waals surface area (Å²) in [4.78, 5) is 23.2. The van der Waals surface area contributed by atoms with Crippen molar-refractivity contribution in [2.75, 3.05) is 6.61 Å². The molecule has 0 aliphatic carbocycles. The number of esters is 2. The highest BCUT2D eigenvalue weighted by molar-refractivity contribution is 6.76. The van der Waals surface area contributed by atoms with Crippen LogP contribution in [0.3, 0.4) is 0 Å². The molecular formula is C15H20Cl3NO8. The van der Waals surface area contributed by atoms with Crippen LogP contribution in [-0.4, -0.2) is 64.7 Å². The van der Waals surface area contributed by atoms with E-state index in [1.807, 2.05) is 0 Å². The molecule has 0 bridgehead atoms. The van der Waals surface area contributed by atoms with Gasteiger partial charge in [0.15, 0.2) is 11.9 Å². The van der Waals surface area contributed by atoms with E-state index < -0.39 is 58.1 Å². The van der Waals surface area contributed by atoms with E-state index in [2.05, 4.69) is 0 Å². The molecule has 2 heterocycles. The van der Waals surface area contributed by atoms with E-state index in [-0.39, 0.29) is 6.61 Å². The molecule has 27 heavy (non-hydrogen) atoms. The molecule has 12 heteroatoms. The van der Waals surface area contributed by atoms with Gasteiger partial charge in [-0.3, -0.25) is 15.0 Å². The lowest BCUT2D eigenvalue weighted by atomic mass is 9.97. The van der Waals surface area contributed by atoms with Gasteiger partial charge in [0.2, 0.25) is 18.3 Å². The molecule has 154 valence electrons. The number of carbonyl (C=O) groups excluding carboxylic acids is 2. The van der Waals surface area contributed by atoms with Crippen LogP contribution in [0.25, 0.3) is 0 Å². The van der Waals surface area contributed by atoms with Gasteiger partial charge in [0, 0.05) is 13.8 Å². The number of hydrogen-bond acceptors (Lipinski definition) is 9. The second kappa shape index (κ2) is 8.26. The zero-order valence-electron chi connectivity index (χ0n) is 15.0. The number of nitrogens with one attached hydrogen (secondary N) is 1. The van der Waals surface area contributed by atoms with Crippen LogP contribution in [-0.2, 0) is 38.0 Å². The van der Waals surface area contributed by atoms with Crippen LogP contribution < -0.4 is 0 Å². The number of hydrogen-bond donors (Lipinski definition) is 1. The SMILES string of the molecule is CC(=O)O[C@@H]1[C@H](OC(C)=O)[C@@H](OC(=N)C(Cl)(Cl)Cl)O[C@@H]2COC(C)(C)O[C@@H]12. The van der Waals surface area contributed by atoms with Gasteiger partial charge in [0.05, 0.1) is 6.61 Å². The van der Waals surface area contributed by atoms with Gasteiger partial charge in [-0.05, 0) is 13.8 Å². The van der Waals surface area contributed by atoms with E-state index in [1.54, 1.807) is 13.8 Å². The van der Waals surface area contributed by atoms with Crippen molar-refractivity contribution in [1.82, 2.24) is 0 Å². The lowest BCUT2D eigenvalue weighted by molar-refractivity contribution is -0.375. The van der Waals surface area contributed by atoms with Crippen molar-refractivity contribution in [3.05, 3.63) is 0 Å². The quantitative estimate of drug-likeness (QED) is 0.302. The number of alkyl halides is 3. The molecule has 0 amide bonds. The highest BCUT2D eigenvalue weighted by Crippen LogP contribution is 2.37. The van der Waals surface area contributed by atoms with Crippen molar-refractivity contribution in [2.24, 2.45) is 0 Å². The van der Waals surface area contributed by atoms with Crippen molar-refractivity contribution in [1.29, 1.82) is 5.41 Å². The summed E-state index contributed by atoms with van der Waals surface area (Å²) in [5.41, 5.74) is 0. The second-order valence-corrected chi connectivity index (χ2v) is 8.71. The van der Waals surface area contributed by atoms with E-state index in [1.165, 1.54) is 6.92 Å². The minimum Gasteiger partial charge on any atom is -0.455 e. The maximum absolute atomic E-state index is 11.6. The van der Waals surface area contributed by atoms with Gasteiger partial charge in [-0.2, -0.15) is 0 Å². The highest BCUT2D eigenvalue weighted by Gasteiger charge is 2.56. The summed E-state index contributed by atoms with van der Waals surface area (Å²) in [7, 11) is 0. The lowest BCUT2D eigenvalue weighted by Gasteiger charge is -2.49. The first kappa shape index (κ1) is 22.4. The van der Waals surface area contributed by atoms with Crippen LogP contribution in [0.2, 0.25) is 0 Å². The summed E-state index contributed by atoms with van der Waals surface area (Å²) in [5, 5.41) is 7.74. The van der Waals surface area contributed by atoms with Crippen LogP contribution in [0.15, 0.2) is 0 Å². The molecule has 5 atom stereocenters. The van der Waals surface area contributed by atoms with Crippen LogP contribution in [0, 0.1) is 5.41 Å². The number of ether oxygens (including phenoxy) is 6. The Morgan fingerprint density at radius 1 is 1.07 bits per heavy atom. The van der Waals surface area contributed by atoms with E-state index in [0.29, 0.717) is 0 Å². The zero-order chi connectivity index (χ0) is 20.6. The third kappa shape index (κ3) is 5.82. The number of halogens is 3. The molecule has 0 saturated carbocycles. The normalized spacial score (nSPS) is 32.8. The smallest absolute Gasteiger partial charge is 0.303 e. The van der Waals surface area contributed by atoms with Crippen molar-refractivity contribution < 1.29 is 38.0 Å². The summed E-state index contributed by atoms with van der Waals surface area (Å²) >= 11 is 16.9. The molecule has 2 aliphatic heterocycles. The lowest BCUT2D eigenvalue weighted by Crippen LogP contribution is -2.66. The Morgan fingerprint density at radius 2 is 1.63 bits per heavy atom. The Balaban J connectivity index is 2.35. The molecule has 2 saturated heterocycles. The van der Waals surface area contributed by atoms with Gasteiger partial charge in [-0.25, -0.2) is 0 Å². The predicted molar refractivity (Wildman–Crippen MR) is 93.8 cm³/mol. The molecule has 0 aromatic carbocycles. The molecule has 0 unspecified atom stereocenters. The van der Waals surface area contributed by atoms with Crippen LogP contribution in [0.1, 0.15) is 27.7 Å². The first-order chi connectivity index (χ1) is 12.3. The zero-order valence-corrected chi connectivity index (χ0v) is 17.3. The molecule has 0 radical (unpaired) electrons. The fourth-order valence-corrected chi connectivity index (χ4v) is 2.85. The second-order valence-electron chi connectivity index (χ2n) is 6.43. The summed E-state index contributed by atoms with van der Waals surface area (Å²) < 4.78 is 30.8. The maximum atomic E-state index is 11.6. The van der Waals surface area contributed by atoms with Crippen molar-refractivity contribution >= 4 is 52.6 Å². The summed E-state index contributed by atoms with van der Waals surface area (Å²) in [6, 6.07) is 0. The number of rotatable bonds is 3. The summed E-state index contributed by atoms with van der Waals surface area (Å²) in [5.74, 6) is -3.07. The molecule has 2 fully saturated rings. The molecule has 1 N–H and O–H groups in total. The van der Waals surface area contributed by atoms with E-state index in [9.17, 15) is 9.59 Å². The Hall–Kier alpha value is -0.840. The van der Waals surface area contributed by atoms with Gasteiger partial charge in [0.25, 0.3) is 3.79 Å². The summed E-state index contributed by atoms with van der Waals surface area (Å²) in [6.45, 7) is 5.77. The van der Waals surface area contributed by atoms with E-state index in [0.717, 1.165) is 6.92 Å². The minimum atomic E-state index is -2.17. The Kier molecular flexibility index (Phi) is 6.87. The maximum Gasteiger partial charge on any atom is 0.303 e. The molecular weight excluding hydrogens is 429 g/mol. The van der Waals surface area contributed by atoms with Crippen molar-refractivity contribution in [3.63, 3.8) is 0 Å². The Morgan fingerprint density at radius 3 is 2.15 bits per heavy atom. The van der Waals surface area contributed by atoms with E-state index in [4.69, 9.17) is 68.6 Å². The fourth-order valence-electron chi connectivity index (χ4n) is 2.72. The molecule has 0 aromatic rings. The largest absolute Gasteiger partial charge is 0.455 e. The fraction of sp³-hybridized carbons (Fsp3) is 0.800. The minimum absolute atomic E-state index is 0.0726. The van der Waals surface area contributed by atoms with Gasteiger partial charge in [-0.15, -0.1) is 0 Å². The number of fused-ring (bicyclic) bond motifs is 1. The highest BCUT2D eigenvalue weighted by atomic mass is 35.6. The van der Waals surface area contributed by atoms with Gasteiger partial charge in [0.1, 0.15) is 12.2 Å². The van der Waals surface area contributed by atoms with E-state index >= 15 is 0 Å². The Bertz CT molecular complexity index is 608. The van der Waals surface area contributed by atoms with Gasteiger partial charge in [-0.1, -0.05) is 34.8 Å². The van der Waals surface area contributed by atoms with Crippen molar-refractivity contribution in [2.45, 2.75) is 68.0 Å². The monoisotopic (exact) mass is 447 g/mol. The average Bonchev–Trinajstić information content (AvgIpc) is 2.49. The third-order valence-electron chi connectivity index (χ3n) is 3.70. The van der Waals surface area contributed by atoms with Crippen LogP contribution in [0.4, 0.5) is 0 Å².